The summed E-state index contributed by atoms with van der Waals surface area (Å²) in [5, 5.41) is 16.2. The third-order valence-electron chi connectivity index (χ3n) is 4.74. The van der Waals surface area contributed by atoms with E-state index in [1.807, 2.05) is 49.4 Å². The zero-order valence-electron chi connectivity index (χ0n) is 16.1. The quantitative estimate of drug-likeness (QED) is 0.428. The monoisotopic (exact) mass is 453 g/mol. The number of nitrogens with one attached hydrogen (secondary N) is 1. The van der Waals surface area contributed by atoms with Crippen molar-refractivity contribution in [2.24, 2.45) is 0 Å². The average Bonchev–Trinajstić information content (AvgIpc) is 3.32. The molecule has 0 spiro atoms. The molecule has 148 valence electrons. The SMILES string of the molecule is CCCCNC(=O)c1nnn(-c2ccc3noc(-c4ccc(Br)cc4)c3c2)c1C. The van der Waals surface area contributed by atoms with Gasteiger partial charge in [0.15, 0.2) is 11.5 Å². The number of nitrogens with zero attached hydrogens (tertiary/aromatic N) is 4. The molecule has 1 N–H and O–H groups in total. The largest absolute Gasteiger partial charge is 0.355 e. The van der Waals surface area contributed by atoms with Crippen molar-refractivity contribution in [1.82, 2.24) is 25.5 Å². The summed E-state index contributed by atoms with van der Waals surface area (Å²) in [5.41, 5.74) is 3.48. The summed E-state index contributed by atoms with van der Waals surface area (Å²) in [5.74, 6) is 0.480. The molecule has 0 unspecified atom stereocenters. The van der Waals surface area contributed by atoms with Crippen molar-refractivity contribution in [3.63, 3.8) is 0 Å². The third kappa shape index (κ3) is 3.80. The van der Waals surface area contributed by atoms with Gasteiger partial charge in [0, 0.05) is 16.6 Å². The lowest BCUT2D eigenvalue weighted by atomic mass is 10.1. The number of unbranched alkanes of at least 4 members (excludes halogenated alkanes) is 1. The second-order valence-electron chi connectivity index (χ2n) is 6.76. The number of hydrogen-bond acceptors (Lipinski definition) is 5. The minimum absolute atomic E-state index is 0.205. The number of aromatic nitrogens is 4. The number of carbonyl (C=O) groups excluding carboxylic acids is 1. The van der Waals surface area contributed by atoms with Crippen LogP contribution in [-0.4, -0.2) is 32.6 Å². The summed E-state index contributed by atoms with van der Waals surface area (Å²) in [4.78, 5) is 12.4. The smallest absolute Gasteiger partial charge is 0.273 e. The Morgan fingerprint density at radius 3 is 2.76 bits per heavy atom. The van der Waals surface area contributed by atoms with Crippen molar-refractivity contribution in [3.05, 3.63) is 58.3 Å². The summed E-state index contributed by atoms with van der Waals surface area (Å²) >= 11 is 3.44. The Kier molecular flexibility index (Phi) is 5.44. The van der Waals surface area contributed by atoms with E-state index in [0.717, 1.165) is 39.5 Å². The molecule has 4 aromatic rings. The van der Waals surface area contributed by atoms with Gasteiger partial charge in [0.05, 0.1) is 16.8 Å². The summed E-state index contributed by atoms with van der Waals surface area (Å²) < 4.78 is 8.24. The van der Waals surface area contributed by atoms with Crippen molar-refractivity contribution in [2.75, 3.05) is 6.54 Å². The molecule has 0 aliphatic rings. The fraction of sp³-hybridized carbons (Fsp3) is 0.238. The molecule has 4 rings (SSSR count). The van der Waals surface area contributed by atoms with Crippen LogP contribution in [0.2, 0.25) is 0 Å². The molecular weight excluding hydrogens is 434 g/mol. The number of carbonyl (C=O) groups is 1. The van der Waals surface area contributed by atoms with Gasteiger partial charge in [-0.25, -0.2) is 4.68 Å². The second-order valence-corrected chi connectivity index (χ2v) is 7.68. The minimum Gasteiger partial charge on any atom is -0.355 e. The first-order valence-electron chi connectivity index (χ1n) is 9.44. The molecule has 2 heterocycles. The summed E-state index contributed by atoms with van der Waals surface area (Å²) in [7, 11) is 0. The van der Waals surface area contributed by atoms with Crippen LogP contribution in [0.1, 0.15) is 35.9 Å². The predicted octanol–water partition coefficient (Wildman–Crippen LogP) is 4.68. The molecule has 8 heteroatoms. The van der Waals surface area contributed by atoms with E-state index in [-0.39, 0.29) is 5.91 Å². The first kappa shape index (κ1) is 19.3. The Labute approximate surface area is 176 Å². The van der Waals surface area contributed by atoms with Crippen LogP contribution < -0.4 is 5.32 Å². The van der Waals surface area contributed by atoms with Crippen molar-refractivity contribution >= 4 is 32.7 Å². The summed E-state index contributed by atoms with van der Waals surface area (Å²) in [6.07, 6.45) is 1.95. The highest BCUT2D eigenvalue weighted by molar-refractivity contribution is 9.10. The maximum Gasteiger partial charge on any atom is 0.273 e. The molecule has 7 nitrogen and oxygen atoms in total. The van der Waals surface area contributed by atoms with Crippen LogP contribution in [0.4, 0.5) is 0 Å². The molecular formula is C21H20BrN5O2. The molecule has 0 fully saturated rings. The molecule has 0 radical (unpaired) electrons. The highest BCUT2D eigenvalue weighted by atomic mass is 79.9. The van der Waals surface area contributed by atoms with E-state index >= 15 is 0 Å². The number of benzene rings is 2. The Balaban J connectivity index is 1.69. The topological polar surface area (TPSA) is 85.8 Å². The van der Waals surface area contributed by atoms with Crippen molar-refractivity contribution in [1.29, 1.82) is 0 Å². The van der Waals surface area contributed by atoms with Gasteiger partial charge in [-0.1, -0.05) is 39.6 Å². The number of fused-ring (bicyclic) bond motifs is 1. The van der Waals surface area contributed by atoms with E-state index in [4.69, 9.17) is 4.52 Å². The van der Waals surface area contributed by atoms with Crippen molar-refractivity contribution < 1.29 is 9.32 Å². The summed E-state index contributed by atoms with van der Waals surface area (Å²) in [6, 6.07) is 13.6. The van der Waals surface area contributed by atoms with Gasteiger partial charge in [-0.15, -0.1) is 5.10 Å². The fourth-order valence-corrected chi connectivity index (χ4v) is 3.38. The van der Waals surface area contributed by atoms with Crippen LogP contribution in [0.15, 0.2) is 51.5 Å². The number of rotatable bonds is 6. The van der Waals surface area contributed by atoms with Gasteiger partial charge in [0.2, 0.25) is 0 Å². The fourth-order valence-electron chi connectivity index (χ4n) is 3.12. The molecule has 0 saturated heterocycles. The predicted molar refractivity (Wildman–Crippen MR) is 114 cm³/mol. The average molecular weight is 454 g/mol. The van der Waals surface area contributed by atoms with E-state index in [1.165, 1.54) is 0 Å². The standard InChI is InChI=1S/C21H20BrN5O2/c1-3-4-11-23-21(28)19-13(2)27(26-24-19)16-9-10-18-17(12-16)20(29-25-18)14-5-7-15(22)8-6-14/h5-10,12H,3-4,11H2,1-2H3,(H,23,28). The highest BCUT2D eigenvalue weighted by Crippen LogP contribution is 2.31. The molecule has 29 heavy (non-hydrogen) atoms. The maximum absolute atomic E-state index is 12.4. The minimum atomic E-state index is -0.205. The third-order valence-corrected chi connectivity index (χ3v) is 5.27. The maximum atomic E-state index is 12.4. The molecule has 0 aliphatic carbocycles. The lowest BCUT2D eigenvalue weighted by Gasteiger charge is -2.05. The number of halogens is 1. The van der Waals surface area contributed by atoms with Crippen molar-refractivity contribution in [3.8, 4) is 17.0 Å². The molecule has 0 saturated carbocycles. The van der Waals surface area contributed by atoms with E-state index < -0.39 is 0 Å². The first-order valence-corrected chi connectivity index (χ1v) is 10.2. The number of hydrogen-bond donors (Lipinski definition) is 1. The Morgan fingerprint density at radius 1 is 1.21 bits per heavy atom. The van der Waals surface area contributed by atoms with Gasteiger partial charge in [-0.2, -0.15) is 0 Å². The van der Waals surface area contributed by atoms with E-state index in [2.05, 4.69) is 43.6 Å². The van der Waals surface area contributed by atoms with Crippen LogP contribution >= 0.6 is 15.9 Å². The Morgan fingerprint density at radius 2 is 2.00 bits per heavy atom. The van der Waals surface area contributed by atoms with Gasteiger partial charge < -0.3 is 9.84 Å². The second kappa shape index (κ2) is 8.16. The van der Waals surface area contributed by atoms with Gasteiger partial charge in [0.1, 0.15) is 5.52 Å². The molecule has 0 aliphatic heterocycles. The van der Waals surface area contributed by atoms with Crippen LogP contribution in [0.5, 0.6) is 0 Å². The molecule has 1 amide bonds. The molecule has 2 aromatic heterocycles. The number of amides is 1. The zero-order valence-corrected chi connectivity index (χ0v) is 17.7. The van der Waals surface area contributed by atoms with Gasteiger partial charge in [-0.05, 0) is 55.8 Å². The van der Waals surface area contributed by atoms with Gasteiger partial charge >= 0.3 is 0 Å². The van der Waals surface area contributed by atoms with Crippen LogP contribution in [0.3, 0.4) is 0 Å². The lowest BCUT2D eigenvalue weighted by molar-refractivity contribution is 0.0947. The van der Waals surface area contributed by atoms with Crippen molar-refractivity contribution in [2.45, 2.75) is 26.7 Å². The Hall–Kier alpha value is -3.00. The lowest BCUT2D eigenvalue weighted by Crippen LogP contribution is -2.25. The first-order chi connectivity index (χ1) is 14.1. The Bertz CT molecular complexity index is 1160. The summed E-state index contributed by atoms with van der Waals surface area (Å²) in [6.45, 7) is 4.55. The molecule has 2 aromatic carbocycles. The van der Waals surface area contributed by atoms with Crippen LogP contribution in [-0.2, 0) is 0 Å². The van der Waals surface area contributed by atoms with E-state index in [1.54, 1.807) is 4.68 Å². The van der Waals surface area contributed by atoms with Crippen LogP contribution in [0.25, 0.3) is 27.9 Å². The van der Waals surface area contributed by atoms with Gasteiger partial charge in [-0.3, -0.25) is 4.79 Å². The van der Waals surface area contributed by atoms with E-state index in [9.17, 15) is 4.79 Å². The zero-order chi connectivity index (χ0) is 20.4. The molecule has 0 bridgehead atoms. The normalized spacial score (nSPS) is 11.1. The highest BCUT2D eigenvalue weighted by Gasteiger charge is 2.18. The van der Waals surface area contributed by atoms with Crippen LogP contribution in [0, 0.1) is 6.92 Å². The molecule has 0 atom stereocenters. The van der Waals surface area contributed by atoms with E-state index in [0.29, 0.717) is 23.7 Å². The van der Waals surface area contributed by atoms with Gasteiger partial charge in [0.25, 0.3) is 5.91 Å².